The van der Waals surface area contributed by atoms with E-state index in [-0.39, 0.29) is 85.9 Å². The number of carbonyl (C=O) groups is 5. The second-order valence-electron chi connectivity index (χ2n) is 27.2. The fourth-order valence-corrected chi connectivity index (χ4v) is 26.1. The number of carboxylic acids is 2. The van der Waals surface area contributed by atoms with Crippen molar-refractivity contribution in [2.45, 2.75) is 210 Å². The Labute approximate surface area is 699 Å². The Bertz CT molecular complexity index is 4020. The number of aliphatic carboxylic acids is 2. The number of halogens is 4. The zero-order valence-electron chi connectivity index (χ0n) is 62.0. The Morgan fingerprint density at radius 2 is 0.914 bits per heavy atom. The maximum absolute atomic E-state index is 13.2. The van der Waals surface area contributed by atoms with E-state index in [9.17, 15) is 62.8 Å². The fourth-order valence-electron chi connectivity index (χ4n) is 11.4. The standard InChI is InChI=1S/C16H24BrNO4S2.C16H22BrNO3S2.C15H21BrN2O4S2.C15H20BrNO4S2.C5H11NO2S.Na.H2O/c1-11-10-13(17)6-7-14(11)24(21,22)18-15(12(2)20)16(3,4)23-9-5-8-19;1-11-10-13(17)6-7-14(11)23(20,21)18-8-5-9-22-16(3,4)15(18)12(2)19;1-10-9-11(16)5-6-12(10)24(21,22)18-7-4-8-23-15(2,3)13(18)14(19)17-20;1-10-9-11(16)5-6-12(10)23(20,21)17-7-4-8-22-15(2,3)13(17)14(18)19;1-5(2,9)3(6)4(7)8;;/h6-7,10,15,18-19H,5,8-9H2,1-4H3;6-7,10,15H,5,8-9H2,1-4H3;5-6,9,13,20H,4,7-8H2,1-3H3,(H,17,19);5-6,9,13H,4,7-8H2,1-3H3,(H,18,19);3,9H,6H2,1-2H3,(H,7,8);;1H2/q;;;;;+1;/p-1/t2*15-;2*13-;3-;;/m00000../s1. The molecule has 0 aliphatic carbocycles. The van der Waals surface area contributed by atoms with E-state index in [2.05, 4.69) is 81.1 Å². The molecule has 3 aliphatic rings. The normalized spacial score (nSPS) is 19.3. The minimum absolute atomic E-state index is 0. The second-order valence-corrected chi connectivity index (χ2v) is 46.3. The van der Waals surface area contributed by atoms with Gasteiger partial charge in [0.25, 0.3) is 5.91 Å². The molecule has 3 aliphatic heterocycles. The third kappa shape index (κ3) is 28.4. The van der Waals surface area contributed by atoms with Crippen LogP contribution in [0.25, 0.3) is 0 Å². The number of nitrogens with one attached hydrogen (secondary N) is 2. The van der Waals surface area contributed by atoms with Gasteiger partial charge in [0.1, 0.15) is 29.7 Å². The topological polar surface area (TPSA) is 393 Å². The summed E-state index contributed by atoms with van der Waals surface area (Å²) in [5, 5.41) is 36.0. The number of rotatable bonds is 20. The average molecular weight is 1910 g/mol. The van der Waals surface area contributed by atoms with E-state index in [1.807, 2.05) is 41.5 Å². The Balaban J connectivity index is 0.000000669. The Morgan fingerprint density at radius 3 is 1.19 bits per heavy atom. The van der Waals surface area contributed by atoms with Crippen molar-refractivity contribution in [3.8, 4) is 0 Å². The van der Waals surface area contributed by atoms with Crippen LogP contribution in [0.15, 0.2) is 110 Å². The molecule has 0 saturated carbocycles. The summed E-state index contributed by atoms with van der Waals surface area (Å²) in [5.74, 6) is -0.215. The number of aliphatic hydroxyl groups is 1. The number of nitrogens with two attached hydrogens (primary N) is 1. The first-order chi connectivity index (χ1) is 47.1. The quantitative estimate of drug-likeness (QED) is 0.0134. The molecule has 0 aromatic heterocycles. The Morgan fingerprint density at radius 1 is 0.600 bits per heavy atom. The van der Waals surface area contributed by atoms with Crippen LogP contribution < -0.4 is 45.5 Å². The van der Waals surface area contributed by atoms with Gasteiger partial charge in [0.05, 0.1) is 31.7 Å². The maximum Gasteiger partial charge on any atom is 1.00 e. The third-order valence-corrected chi connectivity index (χ3v) is 32.3. The zero-order chi connectivity index (χ0) is 79.1. The van der Waals surface area contributed by atoms with Crippen molar-refractivity contribution < 1.29 is 113 Å². The van der Waals surface area contributed by atoms with Crippen molar-refractivity contribution in [1.29, 1.82) is 0 Å². The first-order valence-electron chi connectivity index (χ1n) is 32.3. The molecule has 3 heterocycles. The number of hydrogen-bond donors (Lipinski definition) is 8. The van der Waals surface area contributed by atoms with Gasteiger partial charge in [0.15, 0.2) is 0 Å². The minimum atomic E-state index is -3.88. The van der Waals surface area contributed by atoms with Gasteiger partial charge in [-0.3, -0.25) is 29.2 Å². The number of aryl methyl sites for hydroxylation is 4. The molecule has 1 amide bonds. The number of nitrogens with zero attached hydrogens (tertiary/aromatic N) is 3. The summed E-state index contributed by atoms with van der Waals surface area (Å²) < 4.78 is 111. The van der Waals surface area contributed by atoms with E-state index in [1.54, 1.807) is 127 Å². The van der Waals surface area contributed by atoms with Crippen molar-refractivity contribution in [3.63, 3.8) is 0 Å². The van der Waals surface area contributed by atoms with Crippen LogP contribution >= 0.6 is 123 Å². The van der Waals surface area contributed by atoms with E-state index in [4.69, 9.17) is 21.2 Å². The molecule has 3 fully saturated rings. The zero-order valence-corrected chi connectivity index (χ0v) is 77.8. The van der Waals surface area contributed by atoms with E-state index in [0.29, 0.717) is 53.8 Å². The molecule has 7 rings (SSSR count). The van der Waals surface area contributed by atoms with Crippen LogP contribution in [0.2, 0.25) is 0 Å². The number of thioether (sulfide) groups is 4. The molecule has 9 N–H and O–H groups in total. The van der Waals surface area contributed by atoms with E-state index in [0.717, 1.165) is 45.9 Å². The number of carboxylic acid groups (broad SMARTS) is 2. The van der Waals surface area contributed by atoms with Crippen LogP contribution in [-0.2, 0) is 64.1 Å². The molecular formula is C67H99Br4N6NaO18S9. The molecule has 588 valence electrons. The van der Waals surface area contributed by atoms with Crippen LogP contribution in [0, 0.1) is 27.7 Å². The molecule has 105 heavy (non-hydrogen) atoms. The SMILES string of the molecule is CC(=O)[C@@H]1N(S(=O)(=O)c2ccc(Br)cc2C)CCCSC1(C)C.CC(=O)[C@H](NS(=O)(=O)c1ccc(Br)cc1C)C(C)(C)SCCCO.CC(C)(S)[C@@H](N)C(=O)O.Cc1cc(Br)ccc1S(=O)(=O)N1CCCSC(C)(C)[C@@H]1C(=O)NO.Cc1cc(Br)ccc1S(=O)(=O)N1CCCSC(C)(C)[C@@H]1C(=O)O.[Na+].[OH-]. The van der Waals surface area contributed by atoms with Gasteiger partial charge in [-0.2, -0.15) is 77.3 Å². The summed E-state index contributed by atoms with van der Waals surface area (Å²) in [5.41, 5.74) is 9.32. The summed E-state index contributed by atoms with van der Waals surface area (Å²) >= 11 is 23.5. The maximum atomic E-state index is 13.2. The summed E-state index contributed by atoms with van der Waals surface area (Å²) in [7, 11) is -15.3. The van der Waals surface area contributed by atoms with Gasteiger partial charge in [-0.1, -0.05) is 63.7 Å². The summed E-state index contributed by atoms with van der Waals surface area (Å²) in [6.45, 7) is 28.8. The number of sulfonamides is 4. The first-order valence-corrected chi connectivity index (χ1v) is 45.7. The van der Waals surface area contributed by atoms with Gasteiger partial charge >= 0.3 is 41.5 Å². The van der Waals surface area contributed by atoms with E-state index in [1.165, 1.54) is 75.9 Å². The molecule has 0 bridgehead atoms. The van der Waals surface area contributed by atoms with E-state index < -0.39 is 112 Å². The number of amides is 1. The average Bonchev–Trinajstić information content (AvgIpc) is 1.71. The molecule has 38 heteroatoms. The summed E-state index contributed by atoms with van der Waals surface area (Å²) in [6.07, 6.45) is 2.61. The number of aliphatic hydroxyl groups excluding tert-OH is 1. The number of ketones is 2. The van der Waals surface area contributed by atoms with Crippen LogP contribution in [0.4, 0.5) is 0 Å². The van der Waals surface area contributed by atoms with Crippen LogP contribution in [0.5, 0.6) is 0 Å². The van der Waals surface area contributed by atoms with Crippen molar-refractivity contribution >= 4 is 193 Å². The van der Waals surface area contributed by atoms with Crippen LogP contribution in [0.1, 0.15) is 131 Å². The minimum Gasteiger partial charge on any atom is -0.870 e. The largest absolute Gasteiger partial charge is 1.00 e. The number of Topliss-reactive ketones (excluding diaryl/α,β-unsaturated/α-hetero) is 2. The van der Waals surface area contributed by atoms with Crippen molar-refractivity contribution in [2.24, 2.45) is 5.73 Å². The van der Waals surface area contributed by atoms with Crippen molar-refractivity contribution in [1.82, 2.24) is 23.1 Å². The number of hydroxylamine groups is 1. The predicted molar refractivity (Wildman–Crippen MR) is 434 cm³/mol. The molecule has 0 spiro atoms. The molecule has 0 radical (unpaired) electrons. The molecule has 24 nitrogen and oxygen atoms in total. The van der Waals surface area contributed by atoms with Crippen LogP contribution in [-0.4, -0.2) is 205 Å². The number of thiol groups is 1. The van der Waals surface area contributed by atoms with Gasteiger partial charge in [-0.25, -0.2) is 39.2 Å². The number of benzene rings is 4. The predicted octanol–water partition coefficient (Wildman–Crippen LogP) is 9.10. The van der Waals surface area contributed by atoms with Gasteiger partial charge in [-0.15, -0.1) is 0 Å². The Hall–Kier alpha value is -1.22. The molecule has 4 aromatic rings. The van der Waals surface area contributed by atoms with Gasteiger partial charge in [0.2, 0.25) is 40.1 Å². The smallest absolute Gasteiger partial charge is 0.870 e. The molecule has 5 atom stereocenters. The van der Waals surface area contributed by atoms with Crippen LogP contribution in [0.3, 0.4) is 0 Å². The third-order valence-electron chi connectivity index (χ3n) is 16.6. The van der Waals surface area contributed by atoms with Crippen molar-refractivity contribution in [2.75, 3.05) is 49.3 Å². The van der Waals surface area contributed by atoms with E-state index >= 15 is 0 Å². The summed E-state index contributed by atoms with van der Waals surface area (Å²) in [6, 6.07) is 15.4. The Kier molecular flexibility index (Phi) is 41.5. The molecular weight excluding hydrogens is 1810 g/mol. The molecule has 4 aromatic carbocycles. The number of carbonyl (C=O) groups excluding carboxylic acids is 3. The first kappa shape index (κ1) is 102. The summed E-state index contributed by atoms with van der Waals surface area (Å²) in [4.78, 5) is 59.4. The van der Waals surface area contributed by atoms with Gasteiger partial charge in [0, 0.05) is 67.9 Å². The number of hydrogen-bond acceptors (Lipinski definition) is 22. The van der Waals surface area contributed by atoms with Gasteiger partial charge in [-0.05, 0) is 255 Å². The monoisotopic (exact) mass is 1900 g/mol. The van der Waals surface area contributed by atoms with Crippen molar-refractivity contribution in [3.05, 3.63) is 113 Å². The molecule has 3 saturated heterocycles. The van der Waals surface area contributed by atoms with Gasteiger partial charge < -0.3 is 26.5 Å². The second kappa shape index (κ2) is 42.8. The molecule has 0 unspecified atom stereocenters. The fraction of sp³-hybridized carbons (Fsp3) is 0.567.